The molecule has 2 fully saturated rings. The molecule has 29 heavy (non-hydrogen) atoms. The van der Waals surface area contributed by atoms with Gasteiger partial charge in [0.2, 0.25) is 0 Å². The molecule has 0 aromatic heterocycles. The van der Waals surface area contributed by atoms with E-state index in [0.29, 0.717) is 25.0 Å². The maximum atomic E-state index is 13.0. The minimum Gasteiger partial charge on any atom is -0.485 e. The van der Waals surface area contributed by atoms with Crippen molar-refractivity contribution < 1.29 is 14.3 Å². The van der Waals surface area contributed by atoms with Gasteiger partial charge in [-0.15, -0.1) is 0 Å². The van der Waals surface area contributed by atoms with Crippen LogP contribution in [0.2, 0.25) is 0 Å². The highest BCUT2D eigenvalue weighted by Crippen LogP contribution is 2.60. The number of rotatable bonds is 3. The van der Waals surface area contributed by atoms with Gasteiger partial charge in [-0.1, -0.05) is 36.4 Å². The number of piperidine rings is 1. The largest absolute Gasteiger partial charge is 0.485 e. The standard InChI is InChI=1S/C25H29NO3/c1-16-9-12-21(28-15-18-7-5-4-6-8-18)23-22(16)25-13-14-26(3)17(2)19(25)10-11-20(27)24(25)29-23/h4-9,12,17,19,24H,10-11,13-15H2,1-3H3/t17-,19+,24+,25+/m1/s1. The lowest BCUT2D eigenvalue weighted by Crippen LogP contribution is -2.62. The van der Waals surface area contributed by atoms with Gasteiger partial charge in [-0.2, -0.15) is 0 Å². The lowest BCUT2D eigenvalue weighted by Gasteiger charge is -2.53. The van der Waals surface area contributed by atoms with Crippen LogP contribution < -0.4 is 9.47 Å². The fourth-order valence-corrected chi connectivity index (χ4v) is 5.97. The van der Waals surface area contributed by atoms with Crippen LogP contribution in [0.5, 0.6) is 11.5 Å². The number of ether oxygens (including phenoxy) is 2. The number of ketones is 1. The van der Waals surface area contributed by atoms with Crippen molar-refractivity contribution in [1.82, 2.24) is 4.90 Å². The normalized spacial score (nSPS) is 30.9. The van der Waals surface area contributed by atoms with Crippen LogP contribution in [-0.2, 0) is 16.8 Å². The molecule has 1 saturated carbocycles. The zero-order chi connectivity index (χ0) is 20.2. The van der Waals surface area contributed by atoms with Gasteiger partial charge < -0.3 is 14.4 Å². The molecule has 4 nitrogen and oxygen atoms in total. The molecule has 0 N–H and O–H groups in total. The van der Waals surface area contributed by atoms with Gasteiger partial charge in [-0.25, -0.2) is 0 Å². The molecule has 0 amide bonds. The molecule has 1 aliphatic carbocycles. The van der Waals surface area contributed by atoms with Gasteiger partial charge in [0.15, 0.2) is 23.4 Å². The van der Waals surface area contributed by atoms with E-state index in [9.17, 15) is 4.79 Å². The van der Waals surface area contributed by atoms with Crippen LogP contribution in [0.25, 0.3) is 0 Å². The first-order chi connectivity index (χ1) is 14.0. The number of benzene rings is 2. The number of carbonyl (C=O) groups is 1. The van der Waals surface area contributed by atoms with Crippen molar-refractivity contribution >= 4 is 5.78 Å². The zero-order valence-electron chi connectivity index (χ0n) is 17.5. The summed E-state index contributed by atoms with van der Waals surface area (Å²) >= 11 is 0. The number of Topliss-reactive ketones (excluding diaryl/α,β-unsaturated/α-hetero) is 1. The number of fused-ring (bicyclic) bond motifs is 1. The summed E-state index contributed by atoms with van der Waals surface area (Å²) < 4.78 is 12.7. The van der Waals surface area contributed by atoms with Gasteiger partial charge >= 0.3 is 0 Å². The van der Waals surface area contributed by atoms with E-state index in [1.54, 1.807) is 0 Å². The molecule has 2 aromatic rings. The molecule has 152 valence electrons. The average molecular weight is 392 g/mol. The highest BCUT2D eigenvalue weighted by Gasteiger charge is 2.62. The van der Waals surface area contributed by atoms with Gasteiger partial charge in [-0.3, -0.25) is 4.79 Å². The molecule has 0 radical (unpaired) electrons. The van der Waals surface area contributed by atoms with Crippen LogP contribution in [0, 0.1) is 12.8 Å². The van der Waals surface area contributed by atoms with Crippen molar-refractivity contribution in [1.29, 1.82) is 0 Å². The van der Waals surface area contributed by atoms with E-state index in [2.05, 4.69) is 44.0 Å². The van der Waals surface area contributed by atoms with Gasteiger partial charge in [-0.05, 0) is 63.4 Å². The molecule has 1 spiro atoms. The van der Waals surface area contributed by atoms with Crippen molar-refractivity contribution in [3.05, 3.63) is 59.2 Å². The summed E-state index contributed by atoms with van der Waals surface area (Å²) in [6.07, 6.45) is 2.15. The van der Waals surface area contributed by atoms with Gasteiger partial charge in [0.25, 0.3) is 0 Å². The van der Waals surface area contributed by atoms with Crippen molar-refractivity contribution in [3.63, 3.8) is 0 Å². The molecule has 5 rings (SSSR count). The minimum absolute atomic E-state index is 0.215. The molecule has 2 aromatic carbocycles. The number of hydrogen-bond donors (Lipinski definition) is 0. The molecular formula is C25H29NO3. The maximum absolute atomic E-state index is 13.0. The Kier molecular flexibility index (Phi) is 4.43. The van der Waals surface area contributed by atoms with Gasteiger partial charge in [0, 0.05) is 23.4 Å². The second-order valence-electron chi connectivity index (χ2n) is 8.98. The summed E-state index contributed by atoms with van der Waals surface area (Å²) in [4.78, 5) is 15.4. The van der Waals surface area contributed by atoms with E-state index in [0.717, 1.165) is 36.4 Å². The molecule has 4 atom stereocenters. The quantitative estimate of drug-likeness (QED) is 0.783. The molecule has 2 aliphatic heterocycles. The van der Waals surface area contributed by atoms with E-state index >= 15 is 0 Å². The number of aryl methyl sites for hydroxylation is 1. The third-order valence-electron chi connectivity index (χ3n) is 7.55. The minimum atomic E-state index is -0.368. The highest BCUT2D eigenvalue weighted by molar-refractivity contribution is 5.88. The molecule has 2 heterocycles. The smallest absolute Gasteiger partial charge is 0.174 e. The summed E-state index contributed by atoms with van der Waals surface area (Å²) in [6.45, 7) is 5.94. The van der Waals surface area contributed by atoms with Gasteiger partial charge in [0.05, 0.1) is 0 Å². The lowest BCUT2D eigenvalue weighted by atomic mass is 9.55. The molecule has 1 saturated heterocycles. The van der Waals surface area contributed by atoms with Crippen LogP contribution in [0.3, 0.4) is 0 Å². The van der Waals surface area contributed by atoms with Gasteiger partial charge in [0.1, 0.15) is 6.61 Å². The second-order valence-corrected chi connectivity index (χ2v) is 8.98. The first-order valence-corrected chi connectivity index (χ1v) is 10.7. The molecule has 0 unspecified atom stereocenters. The van der Waals surface area contributed by atoms with Crippen LogP contribution >= 0.6 is 0 Å². The molecular weight excluding hydrogens is 362 g/mol. The highest BCUT2D eigenvalue weighted by atomic mass is 16.5. The third kappa shape index (κ3) is 2.72. The number of likely N-dealkylation sites (tertiary alicyclic amines) is 1. The fourth-order valence-electron chi connectivity index (χ4n) is 5.97. The first-order valence-electron chi connectivity index (χ1n) is 10.7. The summed E-state index contributed by atoms with van der Waals surface area (Å²) in [5.41, 5.74) is 3.35. The predicted molar refractivity (Wildman–Crippen MR) is 112 cm³/mol. The Morgan fingerprint density at radius 3 is 2.79 bits per heavy atom. The van der Waals surface area contributed by atoms with Crippen molar-refractivity contribution in [3.8, 4) is 11.5 Å². The molecule has 3 aliphatic rings. The van der Waals surface area contributed by atoms with Crippen LogP contribution in [0.15, 0.2) is 42.5 Å². The monoisotopic (exact) mass is 391 g/mol. The van der Waals surface area contributed by atoms with Crippen LogP contribution in [0.4, 0.5) is 0 Å². The van der Waals surface area contributed by atoms with E-state index in [1.807, 2.05) is 24.3 Å². The van der Waals surface area contributed by atoms with E-state index in [4.69, 9.17) is 9.47 Å². The Morgan fingerprint density at radius 2 is 2.00 bits per heavy atom. The Morgan fingerprint density at radius 1 is 1.21 bits per heavy atom. The van der Waals surface area contributed by atoms with E-state index in [1.165, 1.54) is 11.1 Å². The Hall–Kier alpha value is -2.33. The van der Waals surface area contributed by atoms with Crippen molar-refractivity contribution in [2.45, 2.75) is 57.3 Å². The molecule has 4 heteroatoms. The predicted octanol–water partition coefficient (Wildman–Crippen LogP) is 4.28. The number of hydrogen-bond acceptors (Lipinski definition) is 4. The zero-order valence-corrected chi connectivity index (χ0v) is 17.5. The maximum Gasteiger partial charge on any atom is 0.174 e. The lowest BCUT2D eigenvalue weighted by molar-refractivity contribution is -0.137. The Balaban J connectivity index is 1.58. The third-order valence-corrected chi connectivity index (χ3v) is 7.55. The van der Waals surface area contributed by atoms with Crippen LogP contribution in [-0.4, -0.2) is 36.4 Å². The first kappa shape index (κ1) is 18.7. The SMILES string of the molecule is Cc1ccc(OCc2ccccc2)c2c1[C@]13CCN(C)[C@H](C)[C@@H]1CCC(=O)[C@@H]3O2. The van der Waals surface area contributed by atoms with E-state index < -0.39 is 0 Å². The Labute approximate surface area is 172 Å². The second kappa shape index (κ2) is 6.88. The number of nitrogens with zero attached hydrogens (tertiary/aromatic N) is 1. The summed E-state index contributed by atoms with van der Waals surface area (Å²) in [7, 11) is 2.20. The van der Waals surface area contributed by atoms with Crippen molar-refractivity contribution in [2.75, 3.05) is 13.6 Å². The molecule has 0 bridgehead atoms. The summed E-state index contributed by atoms with van der Waals surface area (Å²) in [5.74, 6) is 2.25. The number of carbonyl (C=O) groups excluding carboxylic acids is 1. The fraction of sp³-hybridized carbons (Fsp3) is 0.480. The van der Waals surface area contributed by atoms with E-state index in [-0.39, 0.29) is 17.3 Å². The Bertz CT molecular complexity index is 941. The van der Waals surface area contributed by atoms with Crippen molar-refractivity contribution in [2.24, 2.45) is 5.92 Å². The summed E-state index contributed by atoms with van der Waals surface area (Å²) in [6, 6.07) is 14.7. The van der Waals surface area contributed by atoms with Crippen LogP contribution in [0.1, 0.15) is 42.9 Å². The summed E-state index contributed by atoms with van der Waals surface area (Å²) in [5, 5.41) is 0. The average Bonchev–Trinajstić information content (AvgIpc) is 3.09. The topological polar surface area (TPSA) is 38.8 Å².